The average molecular weight is 346 g/mol. The van der Waals surface area contributed by atoms with Gasteiger partial charge in [0.1, 0.15) is 14.2 Å². The second-order valence-electron chi connectivity index (χ2n) is 2.88. The molecule has 1 rings (SSSR count). The highest BCUT2D eigenvalue weighted by atomic mass is 127. The van der Waals surface area contributed by atoms with Gasteiger partial charge in [0.25, 0.3) is 0 Å². The maximum Gasteiger partial charge on any atom is 0.437 e. The Morgan fingerprint density at radius 3 is 2.50 bits per heavy atom. The molecule has 3 nitrogen and oxygen atoms in total. The zero-order valence-electron chi connectivity index (χ0n) is 8.62. The highest BCUT2D eigenvalue weighted by Gasteiger charge is 2.38. The first kappa shape index (κ1) is 15.1. The summed E-state index contributed by atoms with van der Waals surface area (Å²) in [5.74, 6) is 0. The molecular formula is C9H10F3IN2O. The van der Waals surface area contributed by atoms with Crippen molar-refractivity contribution in [3.63, 3.8) is 0 Å². The van der Waals surface area contributed by atoms with Gasteiger partial charge in [-0.1, -0.05) is 5.16 Å². The minimum Gasteiger partial charge on any atom is -1.00 e. The van der Waals surface area contributed by atoms with Gasteiger partial charge in [-0.2, -0.15) is 13.2 Å². The number of aryl methyl sites for hydroxylation is 1. The van der Waals surface area contributed by atoms with Crippen LogP contribution in [0.15, 0.2) is 29.7 Å². The molecular weight excluding hydrogens is 336 g/mol. The van der Waals surface area contributed by atoms with Crippen molar-refractivity contribution in [2.45, 2.75) is 6.18 Å². The van der Waals surface area contributed by atoms with Crippen LogP contribution in [0.5, 0.6) is 0 Å². The number of pyridine rings is 1. The summed E-state index contributed by atoms with van der Waals surface area (Å²) >= 11 is 0. The molecule has 0 atom stereocenters. The SMILES string of the molecule is CON=C(c1ccc[n+](C)c1)C(F)(F)F.[I-]. The number of hydrogen-bond donors (Lipinski definition) is 0. The Bertz CT molecular complexity index is 379. The van der Waals surface area contributed by atoms with E-state index < -0.39 is 11.9 Å². The lowest BCUT2D eigenvalue weighted by atomic mass is 10.2. The summed E-state index contributed by atoms with van der Waals surface area (Å²) in [6.45, 7) is 0. The highest BCUT2D eigenvalue weighted by molar-refractivity contribution is 6.03. The fourth-order valence-corrected chi connectivity index (χ4v) is 1.09. The standard InChI is InChI=1S/C9H10F3N2O.HI/c1-14-5-3-4-7(6-14)8(13-15-2)9(10,11)12;/h3-6H,1-2H3;1H/q+1;/p-1. The first-order chi connectivity index (χ1) is 6.95. The van der Waals surface area contributed by atoms with E-state index in [4.69, 9.17) is 0 Å². The predicted molar refractivity (Wildman–Crippen MR) is 47.2 cm³/mol. The van der Waals surface area contributed by atoms with Gasteiger partial charge in [0.05, 0.1) is 5.56 Å². The Balaban J connectivity index is 0.00000225. The van der Waals surface area contributed by atoms with Gasteiger partial charge in [-0.15, -0.1) is 0 Å². The molecule has 0 aliphatic carbocycles. The second-order valence-corrected chi connectivity index (χ2v) is 2.88. The quantitative estimate of drug-likeness (QED) is 0.275. The van der Waals surface area contributed by atoms with Crippen molar-refractivity contribution in [2.75, 3.05) is 7.11 Å². The van der Waals surface area contributed by atoms with Gasteiger partial charge >= 0.3 is 6.18 Å². The second kappa shape index (κ2) is 6.02. The summed E-state index contributed by atoms with van der Waals surface area (Å²) in [6, 6.07) is 2.83. The van der Waals surface area contributed by atoms with Crippen LogP contribution in [0.3, 0.4) is 0 Å². The fourth-order valence-electron chi connectivity index (χ4n) is 1.09. The van der Waals surface area contributed by atoms with Crippen molar-refractivity contribution in [1.29, 1.82) is 0 Å². The average Bonchev–Trinajstić information content (AvgIpc) is 2.12. The van der Waals surface area contributed by atoms with E-state index in [1.807, 2.05) is 0 Å². The number of rotatable bonds is 2. The molecule has 0 amide bonds. The van der Waals surface area contributed by atoms with Crippen molar-refractivity contribution in [2.24, 2.45) is 12.2 Å². The van der Waals surface area contributed by atoms with E-state index in [2.05, 4.69) is 9.99 Å². The van der Waals surface area contributed by atoms with Gasteiger partial charge in [0.2, 0.25) is 0 Å². The monoisotopic (exact) mass is 346 g/mol. The molecule has 0 aliphatic rings. The maximum atomic E-state index is 12.5. The third-order valence-electron chi connectivity index (χ3n) is 1.66. The zero-order valence-corrected chi connectivity index (χ0v) is 10.8. The molecule has 0 N–H and O–H groups in total. The molecule has 0 aliphatic heterocycles. The van der Waals surface area contributed by atoms with Gasteiger partial charge in [-0.3, -0.25) is 0 Å². The Morgan fingerprint density at radius 1 is 1.44 bits per heavy atom. The van der Waals surface area contributed by atoms with Crippen LogP contribution >= 0.6 is 0 Å². The minimum atomic E-state index is -4.52. The molecule has 1 aromatic rings. The van der Waals surface area contributed by atoms with Gasteiger partial charge < -0.3 is 28.8 Å². The van der Waals surface area contributed by atoms with E-state index in [0.29, 0.717) is 0 Å². The summed E-state index contributed by atoms with van der Waals surface area (Å²) < 4.78 is 39.0. The van der Waals surface area contributed by atoms with Crippen molar-refractivity contribution < 1.29 is 46.6 Å². The lowest BCUT2D eigenvalue weighted by molar-refractivity contribution is -0.671. The van der Waals surface area contributed by atoms with E-state index in [0.717, 1.165) is 7.11 Å². The van der Waals surface area contributed by atoms with Gasteiger partial charge in [-0.05, 0) is 6.07 Å². The van der Waals surface area contributed by atoms with E-state index in [9.17, 15) is 13.2 Å². The van der Waals surface area contributed by atoms with Crippen LogP contribution < -0.4 is 28.5 Å². The largest absolute Gasteiger partial charge is 1.00 e. The van der Waals surface area contributed by atoms with E-state index >= 15 is 0 Å². The molecule has 0 unspecified atom stereocenters. The first-order valence-corrected chi connectivity index (χ1v) is 4.09. The number of aromatic nitrogens is 1. The first-order valence-electron chi connectivity index (χ1n) is 4.09. The molecule has 0 saturated carbocycles. The summed E-state index contributed by atoms with van der Waals surface area (Å²) in [4.78, 5) is 4.18. The predicted octanol–water partition coefficient (Wildman–Crippen LogP) is -1.57. The topological polar surface area (TPSA) is 25.5 Å². The van der Waals surface area contributed by atoms with E-state index in [1.165, 1.54) is 22.9 Å². The molecule has 0 aromatic carbocycles. The summed E-state index contributed by atoms with van der Waals surface area (Å²) in [5.41, 5.74) is -1.07. The highest BCUT2D eigenvalue weighted by Crippen LogP contribution is 2.21. The molecule has 16 heavy (non-hydrogen) atoms. The lowest BCUT2D eigenvalue weighted by Crippen LogP contribution is -3.00. The number of halogens is 4. The van der Waals surface area contributed by atoms with Gasteiger partial charge in [-0.25, -0.2) is 4.57 Å². The molecule has 7 heteroatoms. The van der Waals surface area contributed by atoms with Gasteiger partial charge in [0, 0.05) is 6.07 Å². The van der Waals surface area contributed by atoms with Crippen molar-refractivity contribution >= 4 is 5.71 Å². The number of oxime groups is 1. The van der Waals surface area contributed by atoms with Crippen LogP contribution in [-0.2, 0) is 11.9 Å². The maximum absolute atomic E-state index is 12.5. The zero-order chi connectivity index (χ0) is 11.5. The lowest BCUT2D eigenvalue weighted by Gasteiger charge is -2.07. The number of alkyl halides is 3. The smallest absolute Gasteiger partial charge is 0.437 e. The number of hydrogen-bond acceptors (Lipinski definition) is 2. The fraction of sp³-hybridized carbons (Fsp3) is 0.333. The third-order valence-corrected chi connectivity index (χ3v) is 1.66. The van der Waals surface area contributed by atoms with E-state index in [-0.39, 0.29) is 29.5 Å². The molecule has 0 saturated heterocycles. The molecule has 0 bridgehead atoms. The number of nitrogens with zero attached hydrogens (tertiary/aromatic N) is 2. The molecule has 1 heterocycles. The Morgan fingerprint density at radius 2 is 2.06 bits per heavy atom. The van der Waals surface area contributed by atoms with Crippen LogP contribution in [-0.4, -0.2) is 19.0 Å². The van der Waals surface area contributed by atoms with Crippen molar-refractivity contribution in [3.8, 4) is 0 Å². The summed E-state index contributed by atoms with van der Waals surface area (Å²) in [7, 11) is 2.71. The normalized spacial score (nSPS) is 11.9. The minimum absolute atomic E-state index is 0. The summed E-state index contributed by atoms with van der Waals surface area (Å²) in [5, 5.41) is 2.99. The van der Waals surface area contributed by atoms with Crippen LogP contribution in [0.1, 0.15) is 5.56 Å². The molecule has 1 aromatic heterocycles. The molecule has 90 valence electrons. The Labute approximate surface area is 108 Å². The Hall–Kier alpha value is -0.860. The molecule has 0 fully saturated rings. The van der Waals surface area contributed by atoms with Crippen molar-refractivity contribution in [3.05, 3.63) is 30.1 Å². The van der Waals surface area contributed by atoms with Crippen molar-refractivity contribution in [1.82, 2.24) is 0 Å². The Kier molecular flexibility index (Phi) is 5.70. The summed E-state index contributed by atoms with van der Waals surface area (Å²) in [6.07, 6.45) is -1.57. The van der Waals surface area contributed by atoms with Crippen LogP contribution in [0.25, 0.3) is 0 Å². The van der Waals surface area contributed by atoms with Crippen LogP contribution in [0.2, 0.25) is 0 Å². The van der Waals surface area contributed by atoms with E-state index in [1.54, 1.807) is 13.2 Å². The third kappa shape index (κ3) is 3.95. The van der Waals surface area contributed by atoms with Crippen LogP contribution in [0, 0.1) is 0 Å². The van der Waals surface area contributed by atoms with Crippen LogP contribution in [0.4, 0.5) is 13.2 Å². The van der Waals surface area contributed by atoms with Gasteiger partial charge in [0.15, 0.2) is 18.1 Å². The molecule has 0 radical (unpaired) electrons. The molecule has 0 spiro atoms.